The van der Waals surface area contributed by atoms with Crippen molar-refractivity contribution in [1.29, 1.82) is 0 Å². The van der Waals surface area contributed by atoms with Gasteiger partial charge in [-0.2, -0.15) is 0 Å². The second kappa shape index (κ2) is 6.72. The van der Waals surface area contributed by atoms with Gasteiger partial charge in [0, 0.05) is 16.0 Å². The van der Waals surface area contributed by atoms with Crippen LogP contribution in [0, 0.1) is 0 Å². The highest BCUT2D eigenvalue weighted by Gasteiger charge is 2.28. The predicted octanol–water partition coefficient (Wildman–Crippen LogP) is 2.77. The summed E-state index contributed by atoms with van der Waals surface area (Å²) in [6.45, 7) is 2.33. The number of sulfone groups is 1. The summed E-state index contributed by atoms with van der Waals surface area (Å²) in [5, 5.41) is 2.88. The molecular weight excluding hydrogens is 326 g/mol. The molecule has 0 aliphatic carbocycles. The molecule has 0 saturated heterocycles. The molecule has 2 rings (SSSR count). The topological polar surface area (TPSA) is 54.5 Å². The molecule has 114 valence electrons. The Kier molecular flexibility index (Phi) is 5.18. The molecule has 2 heterocycles. The van der Waals surface area contributed by atoms with E-state index in [-0.39, 0.29) is 5.91 Å². The van der Waals surface area contributed by atoms with Gasteiger partial charge in [0.2, 0.25) is 5.91 Å². The van der Waals surface area contributed by atoms with Crippen LogP contribution in [-0.2, 0) is 27.7 Å². The summed E-state index contributed by atoms with van der Waals surface area (Å²) in [5.74, 6) is -0.348. The van der Waals surface area contributed by atoms with Crippen LogP contribution in [-0.4, -0.2) is 30.7 Å². The van der Waals surface area contributed by atoms with Crippen molar-refractivity contribution in [3.05, 3.63) is 44.8 Å². The maximum absolute atomic E-state index is 12.5. The SMILES string of the molecule is CC(C(=O)N(Cc1cccs1)Cc1cccs1)S(C)(=O)=O. The average molecular weight is 343 g/mol. The minimum absolute atomic E-state index is 0.348. The smallest absolute Gasteiger partial charge is 0.241 e. The van der Waals surface area contributed by atoms with Crippen LogP contribution >= 0.6 is 22.7 Å². The first-order chi connectivity index (χ1) is 9.88. The van der Waals surface area contributed by atoms with Gasteiger partial charge < -0.3 is 4.90 Å². The number of nitrogens with zero attached hydrogens (tertiary/aromatic N) is 1. The van der Waals surface area contributed by atoms with Gasteiger partial charge in [0.25, 0.3) is 0 Å². The van der Waals surface area contributed by atoms with E-state index >= 15 is 0 Å². The Morgan fingerprint density at radius 3 is 1.95 bits per heavy atom. The predicted molar refractivity (Wildman–Crippen MR) is 87.2 cm³/mol. The first kappa shape index (κ1) is 16.2. The van der Waals surface area contributed by atoms with E-state index in [4.69, 9.17) is 0 Å². The standard InChI is InChI=1S/C14H17NO3S3/c1-11(21(2,17)18)14(16)15(9-12-5-3-7-19-12)10-13-6-4-8-20-13/h3-8,11H,9-10H2,1-2H3. The maximum Gasteiger partial charge on any atom is 0.241 e. The molecule has 2 aromatic rings. The molecule has 0 N–H and O–H groups in total. The fourth-order valence-electron chi connectivity index (χ4n) is 1.83. The van der Waals surface area contributed by atoms with Crippen LogP contribution in [0.15, 0.2) is 35.0 Å². The lowest BCUT2D eigenvalue weighted by Crippen LogP contribution is -2.40. The van der Waals surface area contributed by atoms with Gasteiger partial charge in [0.1, 0.15) is 5.25 Å². The van der Waals surface area contributed by atoms with Crippen molar-refractivity contribution < 1.29 is 13.2 Å². The minimum atomic E-state index is -3.39. The minimum Gasteiger partial charge on any atom is -0.331 e. The van der Waals surface area contributed by atoms with Crippen molar-refractivity contribution in [3.63, 3.8) is 0 Å². The Balaban J connectivity index is 2.20. The fourth-order valence-corrected chi connectivity index (χ4v) is 3.79. The van der Waals surface area contributed by atoms with Crippen LogP contribution in [0.1, 0.15) is 16.7 Å². The molecule has 0 aliphatic heterocycles. The molecule has 1 atom stereocenters. The lowest BCUT2D eigenvalue weighted by Gasteiger charge is -2.24. The molecule has 0 radical (unpaired) electrons. The summed E-state index contributed by atoms with van der Waals surface area (Å²) in [5.41, 5.74) is 0. The number of hydrogen-bond donors (Lipinski definition) is 0. The number of rotatable bonds is 6. The molecule has 0 spiro atoms. The fraction of sp³-hybridized carbons (Fsp3) is 0.357. The van der Waals surface area contributed by atoms with E-state index in [0.717, 1.165) is 16.0 Å². The van der Waals surface area contributed by atoms with Crippen LogP contribution < -0.4 is 0 Å². The molecule has 1 unspecified atom stereocenters. The normalized spacial score (nSPS) is 13.0. The highest BCUT2D eigenvalue weighted by atomic mass is 32.2. The second-order valence-corrected chi connectivity index (χ2v) is 9.26. The van der Waals surface area contributed by atoms with Gasteiger partial charge in [0.05, 0.1) is 13.1 Å². The number of amides is 1. The van der Waals surface area contributed by atoms with Crippen LogP contribution in [0.25, 0.3) is 0 Å². The van der Waals surface area contributed by atoms with Crippen molar-refractivity contribution in [3.8, 4) is 0 Å². The van der Waals surface area contributed by atoms with Crippen molar-refractivity contribution in [1.82, 2.24) is 4.90 Å². The summed E-state index contributed by atoms with van der Waals surface area (Å²) in [4.78, 5) is 16.2. The van der Waals surface area contributed by atoms with E-state index in [2.05, 4.69) is 0 Å². The van der Waals surface area contributed by atoms with E-state index in [0.29, 0.717) is 13.1 Å². The van der Waals surface area contributed by atoms with Crippen LogP contribution in [0.4, 0.5) is 0 Å². The highest BCUT2D eigenvalue weighted by Crippen LogP contribution is 2.19. The van der Waals surface area contributed by atoms with Gasteiger partial charge in [0.15, 0.2) is 9.84 Å². The average Bonchev–Trinajstić information content (AvgIpc) is 3.08. The summed E-state index contributed by atoms with van der Waals surface area (Å²) >= 11 is 3.12. The summed E-state index contributed by atoms with van der Waals surface area (Å²) < 4.78 is 23.3. The zero-order valence-corrected chi connectivity index (χ0v) is 14.3. The number of hydrogen-bond acceptors (Lipinski definition) is 5. The van der Waals surface area contributed by atoms with Crippen LogP contribution in [0.3, 0.4) is 0 Å². The maximum atomic E-state index is 12.5. The third kappa shape index (κ3) is 4.39. The van der Waals surface area contributed by atoms with Crippen molar-refractivity contribution in [2.45, 2.75) is 25.3 Å². The quantitative estimate of drug-likeness (QED) is 0.810. The van der Waals surface area contributed by atoms with E-state index in [9.17, 15) is 13.2 Å². The molecule has 1 amide bonds. The third-order valence-corrected chi connectivity index (χ3v) is 6.36. The van der Waals surface area contributed by atoms with E-state index in [1.54, 1.807) is 27.6 Å². The summed E-state index contributed by atoms with van der Waals surface area (Å²) in [6.07, 6.45) is 1.10. The van der Waals surface area contributed by atoms with Crippen LogP contribution in [0.2, 0.25) is 0 Å². The molecule has 21 heavy (non-hydrogen) atoms. The molecule has 0 aromatic carbocycles. The Morgan fingerprint density at radius 1 is 1.14 bits per heavy atom. The van der Waals surface area contributed by atoms with Crippen molar-refractivity contribution in [2.24, 2.45) is 0 Å². The summed E-state index contributed by atoms with van der Waals surface area (Å²) in [6, 6.07) is 7.75. The van der Waals surface area contributed by atoms with E-state index in [1.807, 2.05) is 35.0 Å². The van der Waals surface area contributed by atoms with Gasteiger partial charge in [-0.3, -0.25) is 4.79 Å². The number of thiophene rings is 2. The largest absolute Gasteiger partial charge is 0.331 e. The first-order valence-corrected chi connectivity index (χ1v) is 10.1. The monoisotopic (exact) mass is 343 g/mol. The van der Waals surface area contributed by atoms with Crippen molar-refractivity contribution >= 4 is 38.4 Å². The Labute approximate surface area is 133 Å². The highest BCUT2D eigenvalue weighted by molar-refractivity contribution is 7.92. The Hall–Kier alpha value is -1.18. The molecule has 2 aromatic heterocycles. The van der Waals surface area contributed by atoms with Gasteiger partial charge in [-0.05, 0) is 29.8 Å². The Morgan fingerprint density at radius 2 is 1.62 bits per heavy atom. The number of carbonyl (C=O) groups is 1. The van der Waals surface area contributed by atoms with Crippen molar-refractivity contribution in [2.75, 3.05) is 6.26 Å². The number of carbonyl (C=O) groups excluding carboxylic acids is 1. The second-order valence-electron chi connectivity index (χ2n) is 4.82. The molecule has 4 nitrogen and oxygen atoms in total. The molecule has 0 aliphatic rings. The zero-order valence-electron chi connectivity index (χ0n) is 11.9. The molecule has 0 bridgehead atoms. The van der Waals surface area contributed by atoms with Gasteiger partial charge in [-0.1, -0.05) is 12.1 Å². The van der Waals surface area contributed by atoms with E-state index in [1.165, 1.54) is 6.92 Å². The third-order valence-electron chi connectivity index (χ3n) is 3.16. The first-order valence-electron chi connectivity index (χ1n) is 6.40. The lowest BCUT2D eigenvalue weighted by molar-refractivity contribution is -0.131. The lowest BCUT2D eigenvalue weighted by atomic mass is 10.3. The molecule has 0 saturated carbocycles. The van der Waals surface area contributed by atoms with Crippen LogP contribution in [0.5, 0.6) is 0 Å². The summed E-state index contributed by atoms with van der Waals surface area (Å²) in [7, 11) is -3.39. The molecule has 0 fully saturated rings. The van der Waals surface area contributed by atoms with E-state index < -0.39 is 15.1 Å². The van der Waals surface area contributed by atoms with Gasteiger partial charge >= 0.3 is 0 Å². The molecule has 7 heteroatoms. The van der Waals surface area contributed by atoms with Gasteiger partial charge in [-0.25, -0.2) is 8.42 Å². The zero-order chi connectivity index (χ0) is 15.5. The van der Waals surface area contributed by atoms with Gasteiger partial charge in [-0.15, -0.1) is 22.7 Å². The molecular formula is C14H17NO3S3. The Bertz CT molecular complexity index is 639.